The van der Waals surface area contributed by atoms with Gasteiger partial charge in [0.1, 0.15) is 11.4 Å². The summed E-state index contributed by atoms with van der Waals surface area (Å²) in [5, 5.41) is 13.6. The monoisotopic (exact) mass is 282 g/mol. The number of nitrogens with zero attached hydrogens (tertiary/aromatic N) is 3. The lowest BCUT2D eigenvalue weighted by Gasteiger charge is -2.00. The number of aromatic hydroxyl groups is 1. The van der Waals surface area contributed by atoms with Crippen LogP contribution in [0.2, 0.25) is 0 Å². The summed E-state index contributed by atoms with van der Waals surface area (Å²) in [6.07, 6.45) is 1.76. The summed E-state index contributed by atoms with van der Waals surface area (Å²) >= 11 is 0. The van der Waals surface area contributed by atoms with Crippen molar-refractivity contribution in [3.8, 4) is 28.7 Å². The molecule has 0 saturated carbocycles. The molecule has 2 aromatic heterocycles. The van der Waals surface area contributed by atoms with Gasteiger partial charge >= 0.3 is 0 Å². The van der Waals surface area contributed by atoms with Crippen LogP contribution in [0.3, 0.4) is 0 Å². The molecule has 0 radical (unpaired) electrons. The molecule has 0 aliphatic carbocycles. The van der Waals surface area contributed by atoms with E-state index in [2.05, 4.69) is 15.1 Å². The van der Waals surface area contributed by atoms with Crippen molar-refractivity contribution in [2.24, 2.45) is 0 Å². The second kappa shape index (κ2) is 4.90. The summed E-state index contributed by atoms with van der Waals surface area (Å²) in [4.78, 5) is 8.65. The average Bonchev–Trinajstić information content (AvgIpc) is 2.91. The van der Waals surface area contributed by atoms with E-state index in [9.17, 15) is 5.11 Å². The van der Waals surface area contributed by atoms with Gasteiger partial charge in [0.25, 0.3) is 5.89 Å². The molecule has 0 aliphatic rings. The molecule has 0 fully saturated rings. The Balaban J connectivity index is 2.01. The van der Waals surface area contributed by atoms with Crippen molar-refractivity contribution in [3.05, 3.63) is 41.6 Å². The van der Waals surface area contributed by atoms with Gasteiger partial charge in [-0.05, 0) is 43.2 Å². The smallest absolute Gasteiger partial charge is 0.258 e. The molecule has 0 aliphatic heterocycles. The number of phenols is 1. The highest BCUT2D eigenvalue weighted by Gasteiger charge is 2.14. The quantitative estimate of drug-likeness (QED) is 0.554. The number of phenolic OH excluding ortho intramolecular Hbond substituents is 1. The molecule has 0 amide bonds. The standard InChI is InChI=1S/C15H14N4O2/c1-8-5-9(2)13(17-7-8)14-18-15(21-19-14)10-3-4-11(16)12(20)6-10/h3-7,20H,16H2,1-2H3. The minimum atomic E-state index is -0.0168. The normalized spacial score (nSPS) is 10.8. The number of nitrogen functional groups attached to an aromatic ring is 1. The van der Waals surface area contributed by atoms with E-state index in [-0.39, 0.29) is 5.75 Å². The first-order valence-corrected chi connectivity index (χ1v) is 6.41. The zero-order valence-electron chi connectivity index (χ0n) is 11.7. The Kier molecular flexibility index (Phi) is 3.06. The Bertz CT molecular complexity index is 811. The molecule has 106 valence electrons. The van der Waals surface area contributed by atoms with Crippen LogP contribution >= 0.6 is 0 Å². The minimum absolute atomic E-state index is 0.0168. The number of nitrogens with two attached hydrogens (primary N) is 1. The van der Waals surface area contributed by atoms with Gasteiger partial charge in [-0.3, -0.25) is 4.98 Å². The van der Waals surface area contributed by atoms with E-state index in [1.165, 1.54) is 6.07 Å². The van der Waals surface area contributed by atoms with E-state index in [1.807, 2.05) is 19.9 Å². The first-order chi connectivity index (χ1) is 10.0. The number of anilines is 1. The highest BCUT2D eigenvalue weighted by molar-refractivity contribution is 5.65. The lowest BCUT2D eigenvalue weighted by Crippen LogP contribution is -1.91. The number of aryl methyl sites for hydroxylation is 2. The fourth-order valence-electron chi connectivity index (χ4n) is 2.06. The van der Waals surface area contributed by atoms with Crippen LogP contribution in [-0.4, -0.2) is 20.2 Å². The maximum atomic E-state index is 9.63. The number of benzene rings is 1. The summed E-state index contributed by atoms with van der Waals surface area (Å²) in [6, 6.07) is 6.79. The van der Waals surface area contributed by atoms with Gasteiger partial charge in [0.2, 0.25) is 5.82 Å². The molecule has 3 aromatic rings. The highest BCUT2D eigenvalue weighted by Crippen LogP contribution is 2.28. The van der Waals surface area contributed by atoms with Crippen LogP contribution in [0, 0.1) is 13.8 Å². The van der Waals surface area contributed by atoms with Gasteiger partial charge in [0.05, 0.1) is 5.69 Å². The number of pyridine rings is 1. The molecule has 0 bridgehead atoms. The fourth-order valence-corrected chi connectivity index (χ4v) is 2.06. The van der Waals surface area contributed by atoms with Crippen molar-refractivity contribution in [2.75, 3.05) is 5.73 Å². The van der Waals surface area contributed by atoms with Crippen LogP contribution in [0.15, 0.2) is 35.0 Å². The Hall–Kier alpha value is -2.89. The van der Waals surface area contributed by atoms with Crippen LogP contribution in [0.25, 0.3) is 23.0 Å². The maximum Gasteiger partial charge on any atom is 0.258 e. The summed E-state index contributed by atoms with van der Waals surface area (Å²) in [5.74, 6) is 0.706. The molecule has 2 heterocycles. The Morgan fingerprint density at radius 1 is 1.19 bits per heavy atom. The van der Waals surface area contributed by atoms with Crippen LogP contribution in [0.5, 0.6) is 5.75 Å². The summed E-state index contributed by atoms with van der Waals surface area (Å²) in [5.41, 5.74) is 9.20. The molecule has 3 rings (SSSR count). The number of hydrogen-bond acceptors (Lipinski definition) is 6. The van der Waals surface area contributed by atoms with Crippen molar-refractivity contribution in [1.82, 2.24) is 15.1 Å². The van der Waals surface area contributed by atoms with E-state index in [0.717, 1.165) is 11.1 Å². The van der Waals surface area contributed by atoms with Crippen molar-refractivity contribution in [1.29, 1.82) is 0 Å². The molecule has 21 heavy (non-hydrogen) atoms. The SMILES string of the molecule is Cc1cnc(-c2noc(-c3ccc(N)c(O)c3)n2)c(C)c1. The molecular formula is C15H14N4O2. The van der Waals surface area contributed by atoms with E-state index in [1.54, 1.807) is 18.3 Å². The lowest BCUT2D eigenvalue weighted by molar-refractivity contribution is 0.431. The Morgan fingerprint density at radius 2 is 2.00 bits per heavy atom. The summed E-state index contributed by atoms with van der Waals surface area (Å²) in [6.45, 7) is 3.92. The van der Waals surface area contributed by atoms with Gasteiger partial charge in [0, 0.05) is 11.8 Å². The second-order valence-electron chi connectivity index (χ2n) is 4.87. The third kappa shape index (κ3) is 2.43. The summed E-state index contributed by atoms with van der Waals surface area (Å²) < 4.78 is 5.23. The van der Waals surface area contributed by atoms with Gasteiger partial charge in [0.15, 0.2) is 0 Å². The molecule has 0 saturated heterocycles. The van der Waals surface area contributed by atoms with Gasteiger partial charge in [-0.2, -0.15) is 4.98 Å². The topological polar surface area (TPSA) is 98.1 Å². The van der Waals surface area contributed by atoms with Crippen LogP contribution in [-0.2, 0) is 0 Å². The maximum absolute atomic E-state index is 9.63. The van der Waals surface area contributed by atoms with Crippen LogP contribution in [0.1, 0.15) is 11.1 Å². The zero-order valence-corrected chi connectivity index (χ0v) is 11.7. The fraction of sp³-hybridized carbons (Fsp3) is 0.133. The number of aromatic nitrogens is 3. The molecule has 3 N–H and O–H groups in total. The molecule has 6 nitrogen and oxygen atoms in total. The Morgan fingerprint density at radius 3 is 2.71 bits per heavy atom. The average molecular weight is 282 g/mol. The van der Waals surface area contributed by atoms with Crippen molar-refractivity contribution in [2.45, 2.75) is 13.8 Å². The van der Waals surface area contributed by atoms with Crippen molar-refractivity contribution >= 4 is 5.69 Å². The zero-order chi connectivity index (χ0) is 15.0. The molecule has 0 unspecified atom stereocenters. The van der Waals surface area contributed by atoms with Gasteiger partial charge in [-0.15, -0.1) is 0 Å². The van der Waals surface area contributed by atoms with Crippen LogP contribution < -0.4 is 5.73 Å². The third-order valence-corrected chi connectivity index (χ3v) is 3.13. The number of rotatable bonds is 2. The van der Waals surface area contributed by atoms with Crippen LogP contribution in [0.4, 0.5) is 5.69 Å². The second-order valence-corrected chi connectivity index (χ2v) is 4.87. The van der Waals surface area contributed by atoms with Crippen molar-refractivity contribution < 1.29 is 9.63 Å². The van der Waals surface area contributed by atoms with Crippen molar-refractivity contribution in [3.63, 3.8) is 0 Å². The molecule has 0 atom stereocenters. The highest BCUT2D eigenvalue weighted by atomic mass is 16.5. The third-order valence-electron chi connectivity index (χ3n) is 3.13. The lowest BCUT2D eigenvalue weighted by atomic mass is 10.1. The Labute approximate surface area is 121 Å². The van der Waals surface area contributed by atoms with E-state index < -0.39 is 0 Å². The van der Waals surface area contributed by atoms with E-state index in [4.69, 9.17) is 10.3 Å². The minimum Gasteiger partial charge on any atom is -0.506 e. The van der Waals surface area contributed by atoms with Gasteiger partial charge < -0.3 is 15.4 Å². The van der Waals surface area contributed by atoms with Gasteiger partial charge in [-0.25, -0.2) is 0 Å². The van der Waals surface area contributed by atoms with Gasteiger partial charge in [-0.1, -0.05) is 11.2 Å². The number of hydrogen-bond donors (Lipinski definition) is 2. The molecule has 6 heteroatoms. The van der Waals surface area contributed by atoms with E-state index in [0.29, 0.717) is 28.7 Å². The summed E-state index contributed by atoms with van der Waals surface area (Å²) in [7, 11) is 0. The first kappa shape index (κ1) is 13.1. The first-order valence-electron chi connectivity index (χ1n) is 6.41. The van der Waals surface area contributed by atoms with E-state index >= 15 is 0 Å². The predicted molar refractivity (Wildman–Crippen MR) is 78.5 cm³/mol. The molecule has 1 aromatic carbocycles. The largest absolute Gasteiger partial charge is 0.506 e. The predicted octanol–water partition coefficient (Wildman–Crippen LogP) is 2.70. The molecule has 0 spiro atoms. The molecular weight excluding hydrogens is 268 g/mol.